The highest BCUT2D eigenvalue weighted by Crippen LogP contribution is 2.30. The lowest BCUT2D eigenvalue weighted by molar-refractivity contribution is 0.351. The second kappa shape index (κ2) is 6.61. The quantitative estimate of drug-likeness (QED) is 0.920. The van der Waals surface area contributed by atoms with Crippen LogP contribution in [0, 0.1) is 18.8 Å². The van der Waals surface area contributed by atoms with E-state index in [0.29, 0.717) is 6.54 Å². The van der Waals surface area contributed by atoms with Crippen LogP contribution in [-0.4, -0.2) is 29.4 Å². The van der Waals surface area contributed by atoms with Gasteiger partial charge in [-0.05, 0) is 51.0 Å². The fourth-order valence-electron chi connectivity index (χ4n) is 3.52. The Balaban J connectivity index is 2.19. The third-order valence-corrected chi connectivity index (χ3v) is 4.72. The number of hydrogen-bond acceptors (Lipinski definition) is 3. The maximum atomic E-state index is 5.77. The van der Waals surface area contributed by atoms with E-state index in [4.69, 9.17) is 5.73 Å². The summed E-state index contributed by atoms with van der Waals surface area (Å²) in [6.07, 6.45) is 4.87. The zero-order valence-electron chi connectivity index (χ0n) is 13.5. The third-order valence-electron chi connectivity index (χ3n) is 4.72. The van der Waals surface area contributed by atoms with Crippen LogP contribution >= 0.6 is 0 Å². The predicted octanol–water partition coefficient (Wildman–Crippen LogP) is 2.49. The Hall–Kier alpha value is -1.03. The van der Waals surface area contributed by atoms with Gasteiger partial charge in [0, 0.05) is 25.7 Å². The van der Waals surface area contributed by atoms with E-state index < -0.39 is 0 Å². The van der Waals surface area contributed by atoms with Crippen LogP contribution in [0.25, 0.3) is 0 Å². The third kappa shape index (κ3) is 3.17. The maximum Gasteiger partial charge on any atom is 0.130 e. The molecule has 2 N–H and O–H groups in total. The SMILES string of the molecule is Cc1nn(C)c(N2CCCC(C(C)C)CC2)c1CCN. The highest BCUT2D eigenvalue weighted by atomic mass is 15.4. The lowest BCUT2D eigenvalue weighted by Gasteiger charge is -2.25. The smallest absolute Gasteiger partial charge is 0.130 e. The van der Waals surface area contributed by atoms with Crippen LogP contribution in [0.1, 0.15) is 44.4 Å². The van der Waals surface area contributed by atoms with Gasteiger partial charge in [0.15, 0.2) is 0 Å². The molecule has 1 aliphatic rings. The van der Waals surface area contributed by atoms with Crippen LogP contribution in [0.4, 0.5) is 5.82 Å². The molecule has 0 saturated carbocycles. The number of rotatable bonds is 4. The second-order valence-electron chi connectivity index (χ2n) is 6.47. The van der Waals surface area contributed by atoms with Crippen molar-refractivity contribution in [2.24, 2.45) is 24.6 Å². The fourth-order valence-corrected chi connectivity index (χ4v) is 3.52. The van der Waals surface area contributed by atoms with Crippen molar-refractivity contribution >= 4 is 5.82 Å². The average molecular weight is 278 g/mol. The molecular weight excluding hydrogens is 248 g/mol. The van der Waals surface area contributed by atoms with E-state index in [-0.39, 0.29) is 0 Å². The largest absolute Gasteiger partial charge is 0.357 e. The van der Waals surface area contributed by atoms with Crippen molar-refractivity contribution in [2.75, 3.05) is 24.5 Å². The van der Waals surface area contributed by atoms with E-state index in [1.165, 1.54) is 30.6 Å². The van der Waals surface area contributed by atoms with E-state index in [1.54, 1.807) is 0 Å². The van der Waals surface area contributed by atoms with Gasteiger partial charge in [-0.25, -0.2) is 0 Å². The summed E-state index contributed by atoms with van der Waals surface area (Å²) in [7, 11) is 2.06. The van der Waals surface area contributed by atoms with E-state index in [2.05, 4.69) is 42.5 Å². The van der Waals surface area contributed by atoms with Gasteiger partial charge in [-0.15, -0.1) is 0 Å². The molecule has 0 amide bonds. The first-order valence-corrected chi connectivity index (χ1v) is 8.02. The molecule has 1 atom stereocenters. The monoisotopic (exact) mass is 278 g/mol. The van der Waals surface area contributed by atoms with E-state index >= 15 is 0 Å². The highest BCUT2D eigenvalue weighted by Gasteiger charge is 2.24. The lowest BCUT2D eigenvalue weighted by Crippen LogP contribution is -2.28. The second-order valence-corrected chi connectivity index (χ2v) is 6.47. The van der Waals surface area contributed by atoms with Crippen LogP contribution in [0.3, 0.4) is 0 Å². The Bertz CT molecular complexity index is 436. The molecule has 1 unspecified atom stereocenters. The lowest BCUT2D eigenvalue weighted by atomic mass is 9.89. The number of nitrogens with two attached hydrogens (primary N) is 1. The summed E-state index contributed by atoms with van der Waals surface area (Å²) in [4.78, 5) is 2.54. The molecule has 4 heteroatoms. The minimum atomic E-state index is 0.696. The van der Waals surface area contributed by atoms with E-state index in [1.807, 2.05) is 0 Å². The van der Waals surface area contributed by atoms with E-state index in [9.17, 15) is 0 Å². The molecule has 4 nitrogen and oxygen atoms in total. The summed E-state index contributed by atoms with van der Waals surface area (Å²) in [5.41, 5.74) is 8.26. The highest BCUT2D eigenvalue weighted by molar-refractivity contribution is 5.50. The first kappa shape index (κ1) is 15.4. The van der Waals surface area contributed by atoms with Crippen molar-refractivity contribution in [3.8, 4) is 0 Å². The Morgan fingerprint density at radius 3 is 2.70 bits per heavy atom. The van der Waals surface area contributed by atoms with Gasteiger partial charge in [-0.2, -0.15) is 5.10 Å². The molecule has 0 radical (unpaired) electrons. The zero-order chi connectivity index (χ0) is 14.7. The van der Waals surface area contributed by atoms with Crippen molar-refractivity contribution in [1.29, 1.82) is 0 Å². The topological polar surface area (TPSA) is 47.1 Å². The van der Waals surface area contributed by atoms with Gasteiger partial charge in [-0.1, -0.05) is 13.8 Å². The molecule has 0 aromatic carbocycles. The first-order chi connectivity index (χ1) is 9.54. The van der Waals surface area contributed by atoms with Crippen molar-refractivity contribution in [2.45, 2.75) is 46.5 Å². The maximum absolute atomic E-state index is 5.77. The molecule has 0 spiro atoms. The number of aryl methyl sites for hydroxylation is 2. The van der Waals surface area contributed by atoms with Crippen LogP contribution in [0.5, 0.6) is 0 Å². The molecule has 1 fully saturated rings. The minimum Gasteiger partial charge on any atom is -0.357 e. The molecule has 1 aliphatic heterocycles. The van der Waals surface area contributed by atoms with Crippen molar-refractivity contribution < 1.29 is 0 Å². The first-order valence-electron chi connectivity index (χ1n) is 8.02. The van der Waals surface area contributed by atoms with Gasteiger partial charge in [0.05, 0.1) is 5.69 Å². The van der Waals surface area contributed by atoms with Gasteiger partial charge >= 0.3 is 0 Å². The molecule has 1 aromatic heterocycles. The normalized spacial score (nSPS) is 20.5. The van der Waals surface area contributed by atoms with Gasteiger partial charge in [0.1, 0.15) is 5.82 Å². The van der Waals surface area contributed by atoms with Crippen molar-refractivity contribution in [3.63, 3.8) is 0 Å². The van der Waals surface area contributed by atoms with Gasteiger partial charge in [0.25, 0.3) is 0 Å². The molecule has 0 bridgehead atoms. The number of nitrogens with zero attached hydrogens (tertiary/aromatic N) is 3. The summed E-state index contributed by atoms with van der Waals surface area (Å²) in [5, 5.41) is 4.61. The van der Waals surface area contributed by atoms with Gasteiger partial charge in [0.2, 0.25) is 0 Å². The molecular formula is C16H30N4. The van der Waals surface area contributed by atoms with Gasteiger partial charge < -0.3 is 10.6 Å². The molecule has 1 saturated heterocycles. The number of aromatic nitrogens is 2. The van der Waals surface area contributed by atoms with Crippen LogP contribution < -0.4 is 10.6 Å². The summed E-state index contributed by atoms with van der Waals surface area (Å²) in [6, 6.07) is 0. The van der Waals surface area contributed by atoms with Crippen molar-refractivity contribution in [1.82, 2.24) is 9.78 Å². The van der Waals surface area contributed by atoms with Crippen molar-refractivity contribution in [3.05, 3.63) is 11.3 Å². The molecule has 20 heavy (non-hydrogen) atoms. The summed E-state index contributed by atoms with van der Waals surface area (Å²) in [5.74, 6) is 2.97. The van der Waals surface area contributed by atoms with E-state index in [0.717, 1.165) is 37.0 Å². The summed E-state index contributed by atoms with van der Waals surface area (Å²) < 4.78 is 2.05. The molecule has 2 rings (SSSR count). The van der Waals surface area contributed by atoms with Crippen LogP contribution in [-0.2, 0) is 13.5 Å². The molecule has 1 aromatic rings. The molecule has 114 valence electrons. The Kier molecular flexibility index (Phi) is 5.08. The summed E-state index contributed by atoms with van der Waals surface area (Å²) >= 11 is 0. The van der Waals surface area contributed by atoms with Crippen LogP contribution in [0.15, 0.2) is 0 Å². The zero-order valence-corrected chi connectivity index (χ0v) is 13.5. The fraction of sp³-hybridized carbons (Fsp3) is 0.812. The Morgan fingerprint density at radius 1 is 1.30 bits per heavy atom. The molecule has 0 aliphatic carbocycles. The summed E-state index contributed by atoms with van der Waals surface area (Å²) in [6.45, 7) is 9.81. The number of anilines is 1. The Labute approximate surface area is 123 Å². The Morgan fingerprint density at radius 2 is 2.05 bits per heavy atom. The van der Waals surface area contributed by atoms with Gasteiger partial charge in [-0.3, -0.25) is 4.68 Å². The minimum absolute atomic E-state index is 0.696. The molecule has 2 heterocycles. The standard InChI is InChI=1S/C16H30N4/c1-12(2)14-6-5-10-20(11-8-14)16-15(7-9-17)13(3)18-19(16)4/h12,14H,5-11,17H2,1-4H3. The van der Waals surface area contributed by atoms with Crippen LogP contribution in [0.2, 0.25) is 0 Å². The predicted molar refractivity (Wildman–Crippen MR) is 85.1 cm³/mol. The number of hydrogen-bond donors (Lipinski definition) is 1. The average Bonchev–Trinajstić information content (AvgIpc) is 2.58.